The van der Waals surface area contributed by atoms with Gasteiger partial charge in [0, 0.05) is 25.1 Å². The van der Waals surface area contributed by atoms with Gasteiger partial charge < -0.3 is 34.8 Å². The first-order chi connectivity index (χ1) is 19.7. The van der Waals surface area contributed by atoms with Crippen LogP contribution in [0.15, 0.2) is 64.8 Å². The fraction of sp³-hybridized carbons (Fsp3) is 0.333. The Hall–Kier alpha value is -4.59. The Kier molecular flexibility index (Phi) is 7.83. The molecule has 1 aliphatic heterocycles. The summed E-state index contributed by atoms with van der Waals surface area (Å²) in [6, 6.07) is 10.3. The average molecular weight is 572 g/mol. The number of likely N-dealkylation sites (tertiary alicyclic amines) is 1. The highest BCUT2D eigenvalue weighted by Crippen LogP contribution is 2.39. The molecule has 1 aliphatic rings. The van der Waals surface area contributed by atoms with Crippen molar-refractivity contribution in [3.05, 3.63) is 72.4 Å². The molecule has 0 aliphatic carbocycles. The number of aromatic nitrogens is 4. The van der Waals surface area contributed by atoms with Crippen LogP contribution >= 0.6 is 0 Å². The fourth-order valence-corrected chi connectivity index (χ4v) is 4.94. The maximum Gasteiger partial charge on any atom is 0.419 e. The van der Waals surface area contributed by atoms with Crippen molar-refractivity contribution >= 4 is 17.0 Å². The molecule has 2 aromatic carbocycles. The second-order valence-corrected chi connectivity index (χ2v) is 9.49. The van der Waals surface area contributed by atoms with Crippen LogP contribution in [0, 0.1) is 0 Å². The van der Waals surface area contributed by atoms with E-state index in [2.05, 4.69) is 26.9 Å². The molecule has 11 nitrogen and oxygen atoms in total. The minimum atomic E-state index is -4.71. The van der Waals surface area contributed by atoms with Gasteiger partial charge in [0.1, 0.15) is 17.6 Å². The standard InChI is InChI=1S/C27H28F3N7O4/c1-2-12-36-19-7-4-3-6-18(19)32-22(36)8-5-14-40-21-10-9-16(15-17(21)27(28,29)30)24-33-25(41-35-24)23-20(38)11-13-37(23)26(31)34-39/h2-4,6-7,9-10,15,20,23,38-39H,1,5,8,11-14H2,(H2,31,34)/t20-,23-/m0/s1. The molecule has 0 unspecified atom stereocenters. The quantitative estimate of drug-likeness (QED) is 0.0674. The van der Waals surface area contributed by atoms with Crippen molar-refractivity contribution in [2.24, 2.45) is 10.9 Å². The number of ether oxygens (including phenoxy) is 1. The number of allylic oxidation sites excluding steroid dienone is 1. The molecule has 216 valence electrons. The van der Waals surface area contributed by atoms with Crippen molar-refractivity contribution in [3.8, 4) is 17.1 Å². The van der Waals surface area contributed by atoms with Crippen molar-refractivity contribution in [1.82, 2.24) is 24.6 Å². The topological polar surface area (TPSA) is 148 Å². The number of halogens is 3. The normalized spacial score (nSPS) is 17.9. The van der Waals surface area contributed by atoms with Crippen LogP contribution in [0.2, 0.25) is 0 Å². The van der Waals surface area contributed by atoms with E-state index >= 15 is 0 Å². The lowest BCUT2D eigenvalue weighted by atomic mass is 10.1. The van der Waals surface area contributed by atoms with Crippen LogP contribution in [-0.2, 0) is 19.1 Å². The zero-order valence-corrected chi connectivity index (χ0v) is 21.8. The lowest BCUT2D eigenvalue weighted by Crippen LogP contribution is -2.38. The van der Waals surface area contributed by atoms with Crippen molar-refractivity contribution in [1.29, 1.82) is 0 Å². The second-order valence-electron chi connectivity index (χ2n) is 9.49. The van der Waals surface area contributed by atoms with Crippen LogP contribution in [0.5, 0.6) is 5.75 Å². The summed E-state index contributed by atoms with van der Waals surface area (Å²) in [6.07, 6.45) is -2.67. The molecule has 2 atom stereocenters. The number of nitrogens with zero attached hydrogens (tertiary/aromatic N) is 6. The highest BCUT2D eigenvalue weighted by atomic mass is 19.4. The minimum Gasteiger partial charge on any atom is -0.493 e. The maximum atomic E-state index is 14.0. The number of aliphatic hydroxyl groups excluding tert-OH is 1. The van der Waals surface area contributed by atoms with Gasteiger partial charge in [0.25, 0.3) is 5.89 Å². The van der Waals surface area contributed by atoms with Crippen LogP contribution in [0.3, 0.4) is 0 Å². The molecular formula is C27H28F3N7O4. The largest absolute Gasteiger partial charge is 0.493 e. The molecule has 3 heterocycles. The lowest BCUT2D eigenvalue weighted by molar-refractivity contribution is -0.138. The van der Waals surface area contributed by atoms with Gasteiger partial charge in [-0.05, 0) is 43.2 Å². The van der Waals surface area contributed by atoms with E-state index < -0.39 is 23.9 Å². The Labute approximate surface area is 232 Å². The summed E-state index contributed by atoms with van der Waals surface area (Å²) < 4.78 is 54.8. The third-order valence-electron chi connectivity index (χ3n) is 6.85. The molecule has 1 fully saturated rings. The number of hydrogen-bond donors (Lipinski definition) is 3. The van der Waals surface area contributed by atoms with Crippen molar-refractivity contribution in [2.45, 2.75) is 44.1 Å². The third-order valence-corrected chi connectivity index (χ3v) is 6.85. The third kappa shape index (κ3) is 5.68. The van der Waals surface area contributed by atoms with Gasteiger partial charge in [-0.1, -0.05) is 28.5 Å². The van der Waals surface area contributed by atoms with Gasteiger partial charge in [-0.3, -0.25) is 0 Å². The number of para-hydroxylation sites is 2. The van der Waals surface area contributed by atoms with Crippen molar-refractivity contribution in [2.75, 3.05) is 13.2 Å². The highest BCUT2D eigenvalue weighted by molar-refractivity contribution is 5.78. The summed E-state index contributed by atoms with van der Waals surface area (Å²) in [7, 11) is 0. The van der Waals surface area contributed by atoms with Crippen LogP contribution in [0.1, 0.15) is 36.2 Å². The number of imidazole rings is 1. The molecule has 0 amide bonds. The van der Waals surface area contributed by atoms with Gasteiger partial charge in [-0.15, -0.1) is 6.58 Å². The van der Waals surface area contributed by atoms with Crippen LogP contribution in [0.25, 0.3) is 22.4 Å². The number of aryl methyl sites for hydroxylation is 1. The summed E-state index contributed by atoms with van der Waals surface area (Å²) in [5.74, 6) is 0.0238. The van der Waals surface area contributed by atoms with Crippen LogP contribution in [0.4, 0.5) is 13.2 Å². The molecule has 14 heteroatoms. The van der Waals surface area contributed by atoms with Gasteiger partial charge in [-0.2, -0.15) is 18.2 Å². The predicted octanol–water partition coefficient (Wildman–Crippen LogP) is 4.11. The first-order valence-corrected chi connectivity index (χ1v) is 12.9. The zero-order valence-electron chi connectivity index (χ0n) is 21.8. The number of aliphatic hydroxyl groups is 1. The van der Waals surface area contributed by atoms with E-state index in [4.69, 9.17) is 20.2 Å². The number of oxime groups is 1. The molecule has 0 saturated carbocycles. The second kappa shape index (κ2) is 11.5. The van der Waals surface area contributed by atoms with Crippen molar-refractivity contribution in [3.63, 3.8) is 0 Å². The van der Waals surface area contributed by atoms with E-state index in [-0.39, 0.29) is 48.6 Å². The predicted molar refractivity (Wildman–Crippen MR) is 142 cm³/mol. The van der Waals surface area contributed by atoms with Crippen LogP contribution in [-0.4, -0.2) is 60.1 Å². The molecule has 2 aromatic heterocycles. The maximum absolute atomic E-state index is 14.0. The van der Waals surface area contributed by atoms with Crippen LogP contribution < -0.4 is 10.5 Å². The number of fused-ring (bicyclic) bond motifs is 1. The Balaban J connectivity index is 1.31. The Morgan fingerprint density at radius 1 is 1.24 bits per heavy atom. The Morgan fingerprint density at radius 3 is 2.80 bits per heavy atom. The monoisotopic (exact) mass is 571 g/mol. The summed E-state index contributed by atoms with van der Waals surface area (Å²) in [5.41, 5.74) is 6.52. The Morgan fingerprint density at radius 2 is 2.05 bits per heavy atom. The number of nitrogens with two attached hydrogens (primary N) is 1. The van der Waals surface area contributed by atoms with E-state index in [1.54, 1.807) is 6.08 Å². The number of guanidine groups is 1. The molecule has 0 spiro atoms. The SMILES string of the molecule is C=CCn1c(CCCOc2ccc(-c3noc([C@@H]4[C@@H](O)CCN4/C(N)=N\O)n3)cc2C(F)(F)F)nc2ccccc21. The van der Waals surface area contributed by atoms with E-state index in [0.29, 0.717) is 19.4 Å². The molecule has 0 radical (unpaired) electrons. The molecular weight excluding hydrogens is 543 g/mol. The molecule has 1 saturated heterocycles. The molecule has 5 rings (SSSR count). The van der Waals surface area contributed by atoms with E-state index in [0.717, 1.165) is 22.9 Å². The smallest absolute Gasteiger partial charge is 0.419 e. The van der Waals surface area contributed by atoms with Gasteiger partial charge in [0.15, 0.2) is 0 Å². The van der Waals surface area contributed by atoms with Gasteiger partial charge in [0.2, 0.25) is 11.8 Å². The number of alkyl halides is 3. The van der Waals surface area contributed by atoms with Gasteiger partial charge >= 0.3 is 6.18 Å². The molecule has 0 bridgehead atoms. The number of benzene rings is 2. The lowest BCUT2D eigenvalue weighted by Gasteiger charge is -2.22. The minimum absolute atomic E-state index is 0.0370. The molecule has 4 aromatic rings. The highest BCUT2D eigenvalue weighted by Gasteiger charge is 2.40. The van der Waals surface area contributed by atoms with E-state index in [1.165, 1.54) is 17.0 Å². The number of hydrogen-bond acceptors (Lipinski definition) is 8. The Bertz CT molecular complexity index is 1570. The van der Waals surface area contributed by atoms with Gasteiger partial charge in [-0.25, -0.2) is 4.98 Å². The van der Waals surface area contributed by atoms with E-state index in [1.807, 2.05) is 28.8 Å². The summed E-state index contributed by atoms with van der Waals surface area (Å²) in [5, 5.41) is 26.1. The fourth-order valence-electron chi connectivity index (χ4n) is 4.94. The summed E-state index contributed by atoms with van der Waals surface area (Å²) >= 11 is 0. The summed E-state index contributed by atoms with van der Waals surface area (Å²) in [4.78, 5) is 10.2. The van der Waals surface area contributed by atoms with Gasteiger partial charge in [0.05, 0.1) is 29.3 Å². The average Bonchev–Trinajstić information content (AvgIpc) is 3.68. The first-order valence-electron chi connectivity index (χ1n) is 12.9. The zero-order chi connectivity index (χ0) is 29.1. The molecule has 4 N–H and O–H groups in total. The summed E-state index contributed by atoms with van der Waals surface area (Å²) in [6.45, 7) is 4.65. The van der Waals surface area contributed by atoms with E-state index in [9.17, 15) is 18.3 Å². The number of rotatable bonds is 9. The molecule has 41 heavy (non-hydrogen) atoms. The van der Waals surface area contributed by atoms with Crippen molar-refractivity contribution < 1.29 is 32.7 Å². The first kappa shape index (κ1) is 28.0.